The van der Waals surface area contributed by atoms with Crippen molar-refractivity contribution in [2.24, 2.45) is 0 Å². The van der Waals surface area contributed by atoms with Gasteiger partial charge in [-0.3, -0.25) is 4.79 Å². The second kappa shape index (κ2) is 9.81. The van der Waals surface area contributed by atoms with Crippen LogP contribution in [-0.4, -0.2) is 46.3 Å². The fraction of sp³-hybridized carbons (Fsp3) is 0.316. The number of ether oxygens (including phenoxy) is 2. The van der Waals surface area contributed by atoms with Crippen molar-refractivity contribution in [3.8, 4) is 11.5 Å². The number of nitrogens with one attached hydrogen (secondary N) is 1. The first-order valence-corrected chi connectivity index (χ1v) is 10.2. The number of carbonyl (C=O) groups is 1. The average Bonchev–Trinajstić information content (AvgIpc) is 2.67. The van der Waals surface area contributed by atoms with Gasteiger partial charge in [-0.05, 0) is 42.0 Å². The lowest BCUT2D eigenvalue weighted by atomic mass is 10.2. The predicted octanol–water partition coefficient (Wildman–Crippen LogP) is 2.92. The Balaban J connectivity index is 1.85. The summed E-state index contributed by atoms with van der Waals surface area (Å²) in [5.74, 6) is -0.112. The van der Waals surface area contributed by atoms with Crippen molar-refractivity contribution >= 4 is 15.9 Å². The molecule has 0 spiro atoms. The van der Waals surface area contributed by atoms with Crippen molar-refractivity contribution in [3.63, 3.8) is 0 Å². The molecule has 0 heterocycles. The number of hydrogen-bond acceptors (Lipinski definition) is 5. The second-order valence-electron chi connectivity index (χ2n) is 6.26. The van der Waals surface area contributed by atoms with Crippen molar-refractivity contribution in [3.05, 3.63) is 54.1 Å². The van der Waals surface area contributed by atoms with Gasteiger partial charge in [-0.15, -0.1) is 13.2 Å². The molecule has 0 aromatic heterocycles. The minimum Gasteiger partial charge on any atom is -0.497 e. The molecule has 2 aromatic carbocycles. The summed E-state index contributed by atoms with van der Waals surface area (Å²) >= 11 is 0. The van der Waals surface area contributed by atoms with E-state index in [0.29, 0.717) is 12.3 Å². The van der Waals surface area contributed by atoms with E-state index in [1.54, 1.807) is 26.3 Å². The minimum atomic E-state index is -4.86. The molecule has 0 atom stereocenters. The third-order valence-corrected chi connectivity index (χ3v) is 5.48. The number of alkyl halides is 3. The molecule has 0 saturated carbocycles. The first kappa shape index (κ1) is 23.5. The summed E-state index contributed by atoms with van der Waals surface area (Å²) in [6, 6.07) is 10.9. The van der Waals surface area contributed by atoms with Crippen LogP contribution in [0.3, 0.4) is 0 Å². The molecule has 0 aliphatic rings. The highest BCUT2D eigenvalue weighted by atomic mass is 32.2. The Morgan fingerprint density at radius 2 is 1.60 bits per heavy atom. The summed E-state index contributed by atoms with van der Waals surface area (Å²) in [6.07, 6.45) is -4.95. The topological polar surface area (TPSA) is 84.9 Å². The Bertz CT molecular complexity index is 946. The number of rotatable bonds is 9. The number of carbonyl (C=O) groups excluding carboxylic acids is 1. The molecule has 0 aliphatic carbocycles. The first-order valence-electron chi connectivity index (χ1n) is 8.72. The van der Waals surface area contributed by atoms with Gasteiger partial charge in [-0.25, -0.2) is 13.1 Å². The summed E-state index contributed by atoms with van der Waals surface area (Å²) in [7, 11) is -0.831. The van der Waals surface area contributed by atoms with Gasteiger partial charge in [0.25, 0.3) is 0 Å². The van der Waals surface area contributed by atoms with Gasteiger partial charge in [0, 0.05) is 26.6 Å². The zero-order valence-electron chi connectivity index (χ0n) is 16.3. The zero-order chi connectivity index (χ0) is 22.4. The summed E-state index contributed by atoms with van der Waals surface area (Å²) in [5.41, 5.74) is 0.883. The Morgan fingerprint density at radius 3 is 2.13 bits per heavy atom. The number of amides is 1. The number of hydrogen-bond donors (Lipinski definition) is 1. The molecular weight excluding hydrogens is 425 g/mol. The highest BCUT2D eigenvalue weighted by molar-refractivity contribution is 7.89. The van der Waals surface area contributed by atoms with E-state index in [1.165, 1.54) is 4.90 Å². The maximum absolute atomic E-state index is 12.2. The van der Waals surface area contributed by atoms with Crippen molar-refractivity contribution < 1.29 is 35.9 Å². The molecule has 0 unspecified atom stereocenters. The van der Waals surface area contributed by atoms with Gasteiger partial charge < -0.3 is 14.4 Å². The van der Waals surface area contributed by atoms with E-state index in [-0.39, 0.29) is 23.8 Å². The quantitative estimate of drug-likeness (QED) is 0.640. The van der Waals surface area contributed by atoms with Crippen LogP contribution >= 0.6 is 0 Å². The van der Waals surface area contributed by atoms with Crippen LogP contribution in [-0.2, 0) is 21.4 Å². The van der Waals surface area contributed by atoms with Crippen molar-refractivity contribution in [2.45, 2.75) is 24.2 Å². The minimum absolute atomic E-state index is 0.0822. The van der Waals surface area contributed by atoms with Crippen LogP contribution in [0.5, 0.6) is 11.5 Å². The second-order valence-corrected chi connectivity index (χ2v) is 8.03. The van der Waals surface area contributed by atoms with Gasteiger partial charge in [-0.2, -0.15) is 0 Å². The van der Waals surface area contributed by atoms with Crippen LogP contribution in [0.15, 0.2) is 53.4 Å². The van der Waals surface area contributed by atoms with E-state index < -0.39 is 22.1 Å². The molecule has 1 N–H and O–H groups in total. The number of benzene rings is 2. The third kappa shape index (κ3) is 7.23. The number of nitrogens with zero attached hydrogens (tertiary/aromatic N) is 1. The Morgan fingerprint density at radius 1 is 1.03 bits per heavy atom. The molecule has 0 bridgehead atoms. The maximum atomic E-state index is 12.2. The first-order chi connectivity index (χ1) is 14.0. The van der Waals surface area contributed by atoms with E-state index in [0.717, 1.165) is 29.8 Å². The average molecular weight is 446 g/mol. The molecule has 7 nitrogen and oxygen atoms in total. The highest BCUT2D eigenvalue weighted by Crippen LogP contribution is 2.23. The molecule has 2 rings (SSSR count). The van der Waals surface area contributed by atoms with Gasteiger partial charge in [0.2, 0.25) is 15.9 Å². The van der Waals surface area contributed by atoms with E-state index in [4.69, 9.17) is 4.74 Å². The lowest BCUT2D eigenvalue weighted by Crippen LogP contribution is -2.32. The number of halogens is 3. The van der Waals surface area contributed by atoms with Gasteiger partial charge in [0.15, 0.2) is 0 Å². The summed E-state index contributed by atoms with van der Waals surface area (Å²) < 4.78 is 71.9. The third-order valence-electron chi connectivity index (χ3n) is 4.00. The highest BCUT2D eigenvalue weighted by Gasteiger charge is 2.31. The number of methoxy groups -OCH3 is 1. The molecule has 0 saturated heterocycles. The fourth-order valence-corrected chi connectivity index (χ4v) is 3.51. The monoisotopic (exact) mass is 446 g/mol. The van der Waals surface area contributed by atoms with E-state index >= 15 is 0 Å². The number of sulfonamides is 1. The normalized spacial score (nSPS) is 11.8. The van der Waals surface area contributed by atoms with Crippen LogP contribution < -0.4 is 14.2 Å². The SMILES string of the molecule is COc1ccc(CN(C)C(=O)CCNS(=O)(=O)c2ccc(OC(F)(F)F)cc2)cc1. The molecule has 1 amide bonds. The lowest BCUT2D eigenvalue weighted by Gasteiger charge is -2.17. The molecule has 11 heteroatoms. The molecule has 0 fully saturated rings. The van der Waals surface area contributed by atoms with Crippen LogP contribution in [0.1, 0.15) is 12.0 Å². The van der Waals surface area contributed by atoms with Crippen LogP contribution in [0.4, 0.5) is 13.2 Å². The summed E-state index contributed by atoms with van der Waals surface area (Å²) in [5, 5.41) is 0. The van der Waals surface area contributed by atoms with E-state index in [2.05, 4.69) is 9.46 Å². The summed E-state index contributed by atoms with van der Waals surface area (Å²) in [4.78, 5) is 13.4. The van der Waals surface area contributed by atoms with E-state index in [9.17, 15) is 26.4 Å². The molecule has 164 valence electrons. The maximum Gasteiger partial charge on any atom is 0.573 e. The smallest absolute Gasteiger partial charge is 0.497 e. The standard InChI is InChI=1S/C19H21F3N2O5S/c1-24(13-14-3-5-15(28-2)6-4-14)18(25)11-12-23-30(26,27)17-9-7-16(8-10-17)29-19(20,21)22/h3-10,23H,11-13H2,1-2H3. The molecular formula is C19H21F3N2O5S. The van der Waals surface area contributed by atoms with Gasteiger partial charge in [0.1, 0.15) is 11.5 Å². The van der Waals surface area contributed by atoms with Gasteiger partial charge in [-0.1, -0.05) is 12.1 Å². The fourth-order valence-electron chi connectivity index (χ4n) is 2.48. The zero-order valence-corrected chi connectivity index (χ0v) is 17.1. The molecule has 2 aromatic rings. The van der Waals surface area contributed by atoms with Crippen molar-refractivity contribution in [2.75, 3.05) is 20.7 Å². The molecule has 30 heavy (non-hydrogen) atoms. The van der Waals surface area contributed by atoms with Crippen LogP contribution in [0.25, 0.3) is 0 Å². The largest absolute Gasteiger partial charge is 0.573 e. The van der Waals surface area contributed by atoms with Crippen molar-refractivity contribution in [1.29, 1.82) is 0 Å². The predicted molar refractivity (Wildman–Crippen MR) is 102 cm³/mol. The molecule has 0 aliphatic heterocycles. The van der Waals surface area contributed by atoms with Gasteiger partial charge in [0.05, 0.1) is 12.0 Å². The van der Waals surface area contributed by atoms with Gasteiger partial charge >= 0.3 is 6.36 Å². The van der Waals surface area contributed by atoms with E-state index in [1.807, 2.05) is 12.1 Å². The Kier molecular flexibility index (Phi) is 7.68. The molecule has 0 radical (unpaired) electrons. The van der Waals surface area contributed by atoms with Crippen LogP contribution in [0, 0.1) is 0 Å². The summed E-state index contributed by atoms with van der Waals surface area (Å²) in [6.45, 7) is 0.186. The lowest BCUT2D eigenvalue weighted by molar-refractivity contribution is -0.274. The van der Waals surface area contributed by atoms with Crippen LogP contribution in [0.2, 0.25) is 0 Å². The Labute approximate surface area is 172 Å². The Hall–Kier alpha value is -2.79. The van der Waals surface area contributed by atoms with Crippen molar-refractivity contribution in [1.82, 2.24) is 9.62 Å².